The lowest BCUT2D eigenvalue weighted by Gasteiger charge is -2.16. The molecular formula is C13H19ClFNO. The summed E-state index contributed by atoms with van der Waals surface area (Å²) in [4.78, 5) is 0. The molecule has 0 aliphatic carbocycles. The van der Waals surface area contributed by atoms with Gasteiger partial charge >= 0.3 is 0 Å². The van der Waals surface area contributed by atoms with Gasteiger partial charge in [-0.3, -0.25) is 0 Å². The van der Waals surface area contributed by atoms with E-state index >= 15 is 0 Å². The maximum Gasteiger partial charge on any atom is 0.173 e. The second-order valence-electron chi connectivity index (χ2n) is 4.48. The first-order valence-corrected chi connectivity index (χ1v) is 6.20. The molecule has 1 aromatic rings. The normalized spacial score (nSPS) is 12.9. The summed E-state index contributed by atoms with van der Waals surface area (Å²) in [5.41, 5.74) is 6.70. The number of hydrogen-bond acceptors (Lipinski definition) is 2. The van der Waals surface area contributed by atoms with Crippen LogP contribution in [0.2, 0.25) is 5.02 Å². The zero-order valence-corrected chi connectivity index (χ0v) is 11.2. The summed E-state index contributed by atoms with van der Waals surface area (Å²) < 4.78 is 18.9. The molecule has 2 N–H and O–H groups in total. The summed E-state index contributed by atoms with van der Waals surface area (Å²) in [6.45, 7) is 6.32. The van der Waals surface area contributed by atoms with E-state index in [1.807, 2.05) is 0 Å². The Kier molecular flexibility index (Phi) is 5.22. The summed E-state index contributed by atoms with van der Waals surface area (Å²) in [7, 11) is 0. The third-order valence-electron chi connectivity index (χ3n) is 2.46. The Bertz CT molecular complexity index is 359. The lowest BCUT2D eigenvalue weighted by molar-refractivity contribution is 0.321. The van der Waals surface area contributed by atoms with Gasteiger partial charge in [0, 0.05) is 6.04 Å². The molecule has 0 heterocycles. The molecule has 4 heteroatoms. The van der Waals surface area contributed by atoms with Crippen LogP contribution in [0.25, 0.3) is 0 Å². The van der Waals surface area contributed by atoms with Crippen molar-refractivity contribution in [1.82, 2.24) is 0 Å². The van der Waals surface area contributed by atoms with Crippen molar-refractivity contribution in [2.45, 2.75) is 33.2 Å². The van der Waals surface area contributed by atoms with Crippen molar-refractivity contribution >= 4 is 11.6 Å². The Morgan fingerprint density at radius 1 is 1.41 bits per heavy atom. The quantitative estimate of drug-likeness (QED) is 0.870. The molecule has 0 saturated carbocycles. The minimum atomic E-state index is -0.450. The molecule has 0 aliphatic rings. The Morgan fingerprint density at radius 2 is 2.06 bits per heavy atom. The second kappa shape index (κ2) is 6.22. The summed E-state index contributed by atoms with van der Waals surface area (Å²) in [5.74, 6) is 0.113. The molecule has 0 fully saturated rings. The number of nitrogens with two attached hydrogens (primary N) is 1. The molecule has 0 radical (unpaired) electrons. The molecule has 0 aromatic heterocycles. The van der Waals surface area contributed by atoms with Crippen LogP contribution in [0.15, 0.2) is 12.1 Å². The summed E-state index contributed by atoms with van der Waals surface area (Å²) in [6.07, 6.45) is 0.795. The van der Waals surface area contributed by atoms with Crippen LogP contribution in [0.1, 0.15) is 38.8 Å². The SMILES string of the molecule is CCOc1c(F)cc([C@H](N)CC(C)C)cc1Cl. The molecule has 1 atom stereocenters. The first kappa shape index (κ1) is 14.3. The standard InChI is InChI=1S/C13H19ClFNO/c1-4-17-13-10(14)6-9(7-11(13)15)12(16)5-8(2)3/h6-8,12H,4-5,16H2,1-3H3/t12-/m1/s1. The fourth-order valence-electron chi connectivity index (χ4n) is 1.72. The van der Waals surface area contributed by atoms with Crippen LogP contribution in [0.3, 0.4) is 0 Å². The van der Waals surface area contributed by atoms with E-state index in [-0.39, 0.29) is 16.8 Å². The van der Waals surface area contributed by atoms with Crippen molar-refractivity contribution in [2.24, 2.45) is 11.7 Å². The highest BCUT2D eigenvalue weighted by Gasteiger charge is 2.15. The molecule has 0 saturated heterocycles. The predicted molar refractivity (Wildman–Crippen MR) is 69.0 cm³/mol. The maximum absolute atomic E-state index is 13.7. The fraction of sp³-hybridized carbons (Fsp3) is 0.538. The van der Waals surface area contributed by atoms with Gasteiger partial charge in [0.15, 0.2) is 11.6 Å². The molecule has 1 rings (SSSR count). The molecule has 1 aromatic carbocycles. The number of halogens is 2. The predicted octanol–water partition coefficient (Wildman–Crippen LogP) is 3.92. The first-order chi connectivity index (χ1) is 7.95. The van der Waals surface area contributed by atoms with Crippen molar-refractivity contribution < 1.29 is 9.13 Å². The van der Waals surface area contributed by atoms with E-state index in [1.165, 1.54) is 6.07 Å². The van der Waals surface area contributed by atoms with Crippen molar-refractivity contribution in [2.75, 3.05) is 6.61 Å². The maximum atomic E-state index is 13.7. The molecule has 17 heavy (non-hydrogen) atoms. The Labute approximate surface area is 107 Å². The van der Waals surface area contributed by atoms with E-state index in [9.17, 15) is 4.39 Å². The van der Waals surface area contributed by atoms with E-state index in [1.54, 1.807) is 13.0 Å². The van der Waals surface area contributed by atoms with Gasteiger partial charge in [-0.1, -0.05) is 25.4 Å². The van der Waals surface area contributed by atoms with Crippen molar-refractivity contribution in [1.29, 1.82) is 0 Å². The van der Waals surface area contributed by atoms with Gasteiger partial charge in [-0.05, 0) is 37.0 Å². The van der Waals surface area contributed by atoms with Gasteiger partial charge < -0.3 is 10.5 Å². The fourth-order valence-corrected chi connectivity index (χ4v) is 1.99. The Balaban J connectivity index is 2.97. The Morgan fingerprint density at radius 3 is 2.53 bits per heavy atom. The van der Waals surface area contributed by atoms with Gasteiger partial charge in [-0.15, -0.1) is 0 Å². The largest absolute Gasteiger partial charge is 0.489 e. The minimum absolute atomic E-state index is 0.106. The van der Waals surface area contributed by atoms with Crippen LogP contribution in [-0.4, -0.2) is 6.61 Å². The summed E-state index contributed by atoms with van der Waals surface area (Å²) >= 11 is 5.97. The highest BCUT2D eigenvalue weighted by molar-refractivity contribution is 6.32. The lowest BCUT2D eigenvalue weighted by atomic mass is 9.98. The van der Waals surface area contributed by atoms with Crippen molar-refractivity contribution in [3.63, 3.8) is 0 Å². The van der Waals surface area contributed by atoms with E-state index in [4.69, 9.17) is 22.1 Å². The molecule has 0 bridgehead atoms. The van der Waals surface area contributed by atoms with E-state index in [2.05, 4.69) is 13.8 Å². The smallest absolute Gasteiger partial charge is 0.173 e. The average Bonchev–Trinajstić information content (AvgIpc) is 2.22. The molecular weight excluding hydrogens is 241 g/mol. The van der Waals surface area contributed by atoms with Gasteiger partial charge in [0.25, 0.3) is 0 Å². The number of ether oxygens (including phenoxy) is 1. The van der Waals surface area contributed by atoms with Gasteiger partial charge in [-0.25, -0.2) is 4.39 Å². The second-order valence-corrected chi connectivity index (χ2v) is 4.89. The van der Waals surface area contributed by atoms with E-state index < -0.39 is 5.82 Å². The summed E-state index contributed by atoms with van der Waals surface area (Å²) in [5, 5.41) is 0.279. The topological polar surface area (TPSA) is 35.2 Å². The van der Waals surface area contributed by atoms with Crippen molar-refractivity contribution in [3.05, 3.63) is 28.5 Å². The number of benzene rings is 1. The van der Waals surface area contributed by atoms with E-state index in [0.717, 1.165) is 6.42 Å². The zero-order chi connectivity index (χ0) is 13.0. The van der Waals surface area contributed by atoms with Crippen LogP contribution in [-0.2, 0) is 0 Å². The molecule has 0 unspecified atom stereocenters. The molecule has 0 amide bonds. The first-order valence-electron chi connectivity index (χ1n) is 5.83. The van der Waals surface area contributed by atoms with E-state index in [0.29, 0.717) is 18.1 Å². The number of rotatable bonds is 5. The lowest BCUT2D eigenvalue weighted by Crippen LogP contribution is -2.13. The third-order valence-corrected chi connectivity index (χ3v) is 2.74. The zero-order valence-electron chi connectivity index (χ0n) is 10.5. The number of hydrogen-bond donors (Lipinski definition) is 1. The van der Waals surface area contributed by atoms with Gasteiger partial charge in [0.1, 0.15) is 0 Å². The van der Waals surface area contributed by atoms with Crippen LogP contribution in [0, 0.1) is 11.7 Å². The van der Waals surface area contributed by atoms with Crippen LogP contribution < -0.4 is 10.5 Å². The highest BCUT2D eigenvalue weighted by Crippen LogP contribution is 2.32. The third kappa shape index (κ3) is 3.86. The van der Waals surface area contributed by atoms with Gasteiger partial charge in [0.2, 0.25) is 0 Å². The molecule has 96 valence electrons. The van der Waals surface area contributed by atoms with Crippen LogP contribution >= 0.6 is 11.6 Å². The monoisotopic (exact) mass is 259 g/mol. The summed E-state index contributed by atoms with van der Waals surface area (Å²) in [6, 6.07) is 2.89. The molecule has 2 nitrogen and oxygen atoms in total. The van der Waals surface area contributed by atoms with Gasteiger partial charge in [-0.2, -0.15) is 0 Å². The van der Waals surface area contributed by atoms with Gasteiger partial charge in [0.05, 0.1) is 11.6 Å². The average molecular weight is 260 g/mol. The highest BCUT2D eigenvalue weighted by atomic mass is 35.5. The molecule has 0 aliphatic heterocycles. The minimum Gasteiger partial charge on any atom is -0.489 e. The van der Waals surface area contributed by atoms with Crippen LogP contribution in [0.4, 0.5) is 4.39 Å². The van der Waals surface area contributed by atoms with Crippen LogP contribution in [0.5, 0.6) is 5.75 Å². The van der Waals surface area contributed by atoms with Crippen molar-refractivity contribution in [3.8, 4) is 5.75 Å². The molecule has 0 spiro atoms. The Hall–Kier alpha value is -0.800.